The van der Waals surface area contributed by atoms with Crippen LogP contribution in [0.15, 0.2) is 41.2 Å². The molecule has 0 atom stereocenters. The van der Waals surface area contributed by atoms with Gasteiger partial charge in [0.1, 0.15) is 6.26 Å². The molecule has 0 aliphatic rings. The van der Waals surface area contributed by atoms with Crippen LogP contribution < -0.4 is 11.1 Å². The minimum atomic E-state index is -0.208. The van der Waals surface area contributed by atoms with Gasteiger partial charge in [0.25, 0.3) is 5.91 Å². The molecule has 0 aliphatic heterocycles. The quantitative estimate of drug-likeness (QED) is 0.807. The van der Waals surface area contributed by atoms with Gasteiger partial charge < -0.3 is 15.5 Å². The van der Waals surface area contributed by atoms with E-state index in [-0.39, 0.29) is 5.91 Å². The lowest BCUT2D eigenvalue weighted by molar-refractivity contribution is 0.102. The lowest BCUT2D eigenvalue weighted by atomic mass is 10.1. The van der Waals surface area contributed by atoms with E-state index in [1.54, 1.807) is 6.07 Å². The Balaban J connectivity index is 2.22. The second-order valence-corrected chi connectivity index (χ2v) is 4.00. The second kappa shape index (κ2) is 5.89. The molecule has 19 heavy (non-hydrogen) atoms. The van der Waals surface area contributed by atoms with Crippen molar-refractivity contribution in [2.45, 2.75) is 6.92 Å². The van der Waals surface area contributed by atoms with Crippen LogP contribution in [0.1, 0.15) is 21.5 Å². The predicted octanol–water partition coefficient (Wildman–Crippen LogP) is 2.15. The van der Waals surface area contributed by atoms with Gasteiger partial charge in [0.05, 0.1) is 18.4 Å². The van der Waals surface area contributed by atoms with E-state index in [0.29, 0.717) is 12.1 Å². The number of anilines is 1. The zero-order chi connectivity index (χ0) is 13.7. The van der Waals surface area contributed by atoms with Crippen LogP contribution in [0.5, 0.6) is 0 Å². The number of hydrogen-bond acceptors (Lipinski definition) is 3. The fourth-order valence-corrected chi connectivity index (χ4v) is 1.58. The number of carbonyl (C=O) groups excluding carboxylic acids is 1. The zero-order valence-electron chi connectivity index (χ0n) is 10.6. The first kappa shape index (κ1) is 12.9. The molecule has 2 rings (SSSR count). The van der Waals surface area contributed by atoms with Gasteiger partial charge in [-0.2, -0.15) is 0 Å². The minimum Gasteiger partial charge on any atom is -0.472 e. The molecule has 4 heteroatoms. The Hall–Kier alpha value is -2.51. The number of hydrogen-bond donors (Lipinski definition) is 2. The van der Waals surface area contributed by atoms with Crippen LogP contribution in [0, 0.1) is 18.8 Å². The van der Waals surface area contributed by atoms with E-state index in [0.717, 1.165) is 16.8 Å². The van der Waals surface area contributed by atoms with Gasteiger partial charge in [-0.15, -0.1) is 0 Å². The predicted molar refractivity (Wildman–Crippen MR) is 73.8 cm³/mol. The van der Waals surface area contributed by atoms with Crippen molar-refractivity contribution in [1.29, 1.82) is 0 Å². The Labute approximate surface area is 111 Å². The smallest absolute Gasteiger partial charge is 0.258 e. The van der Waals surface area contributed by atoms with Crippen LogP contribution in [0.3, 0.4) is 0 Å². The molecule has 0 saturated carbocycles. The van der Waals surface area contributed by atoms with Crippen LogP contribution >= 0.6 is 0 Å². The van der Waals surface area contributed by atoms with Crippen molar-refractivity contribution >= 4 is 11.6 Å². The van der Waals surface area contributed by atoms with E-state index in [1.807, 2.05) is 25.1 Å². The number of furan rings is 1. The van der Waals surface area contributed by atoms with Gasteiger partial charge in [-0.05, 0) is 30.7 Å². The molecule has 1 aromatic heterocycles. The van der Waals surface area contributed by atoms with Crippen LogP contribution in [0.4, 0.5) is 5.69 Å². The van der Waals surface area contributed by atoms with Crippen molar-refractivity contribution in [3.05, 3.63) is 53.5 Å². The molecule has 1 aromatic carbocycles. The summed E-state index contributed by atoms with van der Waals surface area (Å²) in [6.45, 7) is 2.23. The Morgan fingerprint density at radius 2 is 2.26 bits per heavy atom. The summed E-state index contributed by atoms with van der Waals surface area (Å²) in [6, 6.07) is 7.25. The first-order chi connectivity index (χ1) is 9.20. The molecule has 0 radical (unpaired) electrons. The Kier molecular flexibility index (Phi) is 4.01. The average molecular weight is 254 g/mol. The summed E-state index contributed by atoms with van der Waals surface area (Å²) in [5.41, 5.74) is 8.34. The van der Waals surface area contributed by atoms with Crippen molar-refractivity contribution in [3.8, 4) is 11.8 Å². The van der Waals surface area contributed by atoms with Gasteiger partial charge in [-0.3, -0.25) is 4.79 Å². The molecule has 0 aliphatic carbocycles. The normalized spacial score (nSPS) is 9.58. The lowest BCUT2D eigenvalue weighted by Crippen LogP contribution is -2.11. The molecule has 0 spiro atoms. The summed E-state index contributed by atoms with van der Waals surface area (Å²) in [6.07, 6.45) is 2.87. The molecule has 1 amide bonds. The molecule has 2 aromatic rings. The maximum Gasteiger partial charge on any atom is 0.258 e. The van der Waals surface area contributed by atoms with Gasteiger partial charge in [-0.25, -0.2) is 0 Å². The van der Waals surface area contributed by atoms with Crippen molar-refractivity contribution < 1.29 is 9.21 Å². The maximum atomic E-state index is 11.9. The van der Waals surface area contributed by atoms with Gasteiger partial charge in [0.15, 0.2) is 0 Å². The number of carbonyl (C=O) groups is 1. The van der Waals surface area contributed by atoms with Crippen LogP contribution in [-0.2, 0) is 0 Å². The standard InChI is InChI=1S/C15H14N2O2/c1-11-4-5-12(3-2-7-16)9-14(11)17-15(18)13-6-8-19-10-13/h4-6,8-10H,7,16H2,1H3,(H,17,18). The lowest BCUT2D eigenvalue weighted by Gasteiger charge is -2.07. The molecule has 4 nitrogen and oxygen atoms in total. The number of nitrogens with two attached hydrogens (primary N) is 1. The summed E-state index contributed by atoms with van der Waals surface area (Å²) in [5.74, 6) is 5.51. The maximum absolute atomic E-state index is 11.9. The summed E-state index contributed by atoms with van der Waals surface area (Å²) in [5, 5.41) is 2.83. The van der Waals surface area contributed by atoms with Crippen molar-refractivity contribution in [3.63, 3.8) is 0 Å². The third kappa shape index (κ3) is 3.24. The number of aryl methyl sites for hydroxylation is 1. The molecular weight excluding hydrogens is 240 g/mol. The number of benzene rings is 1. The van der Waals surface area contributed by atoms with Gasteiger partial charge in [-0.1, -0.05) is 17.9 Å². The summed E-state index contributed by atoms with van der Waals surface area (Å²) < 4.78 is 4.88. The summed E-state index contributed by atoms with van der Waals surface area (Å²) in [4.78, 5) is 11.9. The van der Waals surface area contributed by atoms with Crippen molar-refractivity contribution in [2.75, 3.05) is 11.9 Å². The van der Waals surface area contributed by atoms with Crippen LogP contribution in [0.25, 0.3) is 0 Å². The third-order valence-electron chi connectivity index (χ3n) is 2.60. The second-order valence-electron chi connectivity index (χ2n) is 4.00. The van der Waals surface area contributed by atoms with E-state index in [4.69, 9.17) is 10.2 Å². The number of rotatable bonds is 2. The largest absolute Gasteiger partial charge is 0.472 e. The molecular formula is C15H14N2O2. The monoisotopic (exact) mass is 254 g/mol. The average Bonchev–Trinajstić information content (AvgIpc) is 2.93. The highest BCUT2D eigenvalue weighted by atomic mass is 16.3. The van der Waals surface area contributed by atoms with E-state index < -0.39 is 0 Å². The molecule has 96 valence electrons. The van der Waals surface area contributed by atoms with E-state index in [9.17, 15) is 4.79 Å². The van der Waals surface area contributed by atoms with E-state index in [2.05, 4.69) is 17.2 Å². The first-order valence-electron chi connectivity index (χ1n) is 5.84. The van der Waals surface area contributed by atoms with E-state index in [1.165, 1.54) is 12.5 Å². The summed E-state index contributed by atoms with van der Waals surface area (Å²) >= 11 is 0. The summed E-state index contributed by atoms with van der Waals surface area (Å²) in [7, 11) is 0. The highest BCUT2D eigenvalue weighted by molar-refractivity contribution is 6.04. The molecule has 0 unspecified atom stereocenters. The molecule has 0 fully saturated rings. The Morgan fingerprint density at radius 1 is 1.42 bits per heavy atom. The SMILES string of the molecule is Cc1ccc(C#CCN)cc1NC(=O)c1ccoc1. The van der Waals surface area contributed by atoms with Gasteiger partial charge in [0, 0.05) is 11.3 Å². The van der Waals surface area contributed by atoms with E-state index >= 15 is 0 Å². The Bertz CT molecular complexity index is 634. The highest BCUT2D eigenvalue weighted by Crippen LogP contribution is 2.17. The minimum absolute atomic E-state index is 0.208. The molecule has 1 heterocycles. The van der Waals surface area contributed by atoms with Gasteiger partial charge in [0.2, 0.25) is 0 Å². The number of nitrogens with one attached hydrogen (secondary N) is 1. The fraction of sp³-hybridized carbons (Fsp3) is 0.133. The highest BCUT2D eigenvalue weighted by Gasteiger charge is 2.08. The number of amides is 1. The topological polar surface area (TPSA) is 68.3 Å². The molecule has 3 N–H and O–H groups in total. The third-order valence-corrected chi connectivity index (χ3v) is 2.60. The zero-order valence-corrected chi connectivity index (χ0v) is 10.6. The molecule has 0 bridgehead atoms. The Morgan fingerprint density at radius 3 is 2.95 bits per heavy atom. The van der Waals surface area contributed by atoms with Gasteiger partial charge >= 0.3 is 0 Å². The first-order valence-corrected chi connectivity index (χ1v) is 5.84. The van der Waals surface area contributed by atoms with Crippen LogP contribution in [0.2, 0.25) is 0 Å². The van der Waals surface area contributed by atoms with Crippen molar-refractivity contribution in [2.24, 2.45) is 5.73 Å². The van der Waals surface area contributed by atoms with Crippen molar-refractivity contribution in [1.82, 2.24) is 0 Å². The van der Waals surface area contributed by atoms with Crippen LogP contribution in [-0.4, -0.2) is 12.5 Å². The molecule has 0 saturated heterocycles. The fourth-order valence-electron chi connectivity index (χ4n) is 1.58.